The second kappa shape index (κ2) is 5.38. The van der Waals surface area contributed by atoms with Crippen molar-refractivity contribution in [3.63, 3.8) is 0 Å². The van der Waals surface area contributed by atoms with Gasteiger partial charge >= 0.3 is 0 Å². The van der Waals surface area contributed by atoms with Gasteiger partial charge in [0.05, 0.1) is 11.7 Å². The summed E-state index contributed by atoms with van der Waals surface area (Å²) in [6.07, 6.45) is 5.74. The van der Waals surface area contributed by atoms with E-state index >= 15 is 0 Å². The van der Waals surface area contributed by atoms with E-state index in [1.165, 1.54) is 19.3 Å². The standard InChI is InChI=1S/C13H25N5/c1-13(2,18-9-5-4-6-10-18)12(16-14)11-7-8-15-17(11)3/h7-8,12,16H,4-6,9-10,14H2,1-3H3. The lowest BCUT2D eigenvalue weighted by Gasteiger charge is -2.45. The number of hydrogen-bond donors (Lipinski definition) is 2. The lowest BCUT2D eigenvalue weighted by Crippen LogP contribution is -2.56. The average molecular weight is 251 g/mol. The Hall–Kier alpha value is -0.910. The maximum Gasteiger partial charge on any atom is 0.0806 e. The van der Waals surface area contributed by atoms with E-state index in [-0.39, 0.29) is 11.6 Å². The largest absolute Gasteiger partial charge is 0.296 e. The molecule has 1 saturated heterocycles. The van der Waals surface area contributed by atoms with Gasteiger partial charge in [0.1, 0.15) is 0 Å². The maximum atomic E-state index is 5.81. The molecule has 1 aromatic heterocycles. The first-order valence-electron chi connectivity index (χ1n) is 6.76. The molecule has 1 fully saturated rings. The molecule has 2 heterocycles. The predicted molar refractivity (Wildman–Crippen MR) is 72.8 cm³/mol. The van der Waals surface area contributed by atoms with Crippen molar-refractivity contribution in [1.82, 2.24) is 20.1 Å². The van der Waals surface area contributed by atoms with Crippen LogP contribution in [0.5, 0.6) is 0 Å². The van der Waals surface area contributed by atoms with E-state index in [4.69, 9.17) is 5.84 Å². The Bertz CT molecular complexity index is 378. The Morgan fingerprint density at radius 2 is 2.00 bits per heavy atom. The molecule has 0 saturated carbocycles. The molecule has 5 nitrogen and oxygen atoms in total. The predicted octanol–water partition coefficient (Wildman–Crippen LogP) is 1.19. The molecule has 3 N–H and O–H groups in total. The topological polar surface area (TPSA) is 59.1 Å². The van der Waals surface area contributed by atoms with Crippen LogP contribution in [0.2, 0.25) is 0 Å². The monoisotopic (exact) mass is 251 g/mol. The highest BCUT2D eigenvalue weighted by Gasteiger charge is 2.37. The number of nitrogens with two attached hydrogens (primary N) is 1. The lowest BCUT2D eigenvalue weighted by molar-refractivity contribution is 0.0582. The van der Waals surface area contributed by atoms with Crippen LogP contribution in [0.15, 0.2) is 12.3 Å². The summed E-state index contributed by atoms with van der Waals surface area (Å²) in [6.45, 7) is 6.83. The summed E-state index contributed by atoms with van der Waals surface area (Å²) in [5, 5.41) is 4.25. The molecule has 1 atom stereocenters. The third-order valence-electron chi connectivity index (χ3n) is 4.20. The average Bonchev–Trinajstić information content (AvgIpc) is 2.78. The Kier molecular flexibility index (Phi) is 4.04. The van der Waals surface area contributed by atoms with Crippen LogP contribution in [0.3, 0.4) is 0 Å². The van der Waals surface area contributed by atoms with Crippen LogP contribution in [0.25, 0.3) is 0 Å². The van der Waals surface area contributed by atoms with Gasteiger partial charge in [-0.15, -0.1) is 0 Å². The fourth-order valence-corrected chi connectivity index (χ4v) is 2.97. The first kappa shape index (κ1) is 13.5. The van der Waals surface area contributed by atoms with Crippen molar-refractivity contribution in [3.8, 4) is 0 Å². The third kappa shape index (κ3) is 2.43. The Labute approximate surface area is 109 Å². The molecular formula is C13H25N5. The van der Waals surface area contributed by atoms with Crippen LogP contribution in [0, 0.1) is 0 Å². The van der Waals surface area contributed by atoms with Gasteiger partial charge in [0.25, 0.3) is 0 Å². The van der Waals surface area contributed by atoms with Crippen molar-refractivity contribution in [1.29, 1.82) is 0 Å². The second-order valence-electron chi connectivity index (χ2n) is 5.68. The zero-order chi connectivity index (χ0) is 13.2. The first-order chi connectivity index (χ1) is 8.57. The van der Waals surface area contributed by atoms with Crippen molar-refractivity contribution < 1.29 is 0 Å². The minimum atomic E-state index is -0.0109. The number of piperidine rings is 1. The summed E-state index contributed by atoms with van der Waals surface area (Å²) < 4.78 is 1.90. The lowest BCUT2D eigenvalue weighted by atomic mass is 9.88. The van der Waals surface area contributed by atoms with Crippen LogP contribution in [0.1, 0.15) is 44.8 Å². The van der Waals surface area contributed by atoms with E-state index in [9.17, 15) is 0 Å². The molecule has 5 heteroatoms. The summed E-state index contributed by atoms with van der Waals surface area (Å²) in [5.41, 5.74) is 4.10. The SMILES string of the molecule is Cn1nccc1C(NN)C(C)(C)N1CCCCC1. The van der Waals surface area contributed by atoms with E-state index in [1.54, 1.807) is 0 Å². The number of aryl methyl sites for hydroxylation is 1. The minimum absolute atomic E-state index is 0.0109. The van der Waals surface area contributed by atoms with Crippen LogP contribution >= 0.6 is 0 Å². The summed E-state index contributed by atoms with van der Waals surface area (Å²) in [5.74, 6) is 5.81. The summed E-state index contributed by atoms with van der Waals surface area (Å²) in [7, 11) is 1.96. The number of nitrogens with one attached hydrogen (secondary N) is 1. The van der Waals surface area contributed by atoms with Gasteiger partial charge in [-0.05, 0) is 45.8 Å². The Balaban J connectivity index is 2.22. The molecule has 1 aliphatic rings. The molecule has 0 radical (unpaired) electrons. The van der Waals surface area contributed by atoms with E-state index < -0.39 is 0 Å². The van der Waals surface area contributed by atoms with Gasteiger partial charge in [-0.2, -0.15) is 5.10 Å². The first-order valence-corrected chi connectivity index (χ1v) is 6.76. The number of aromatic nitrogens is 2. The van der Waals surface area contributed by atoms with E-state index in [2.05, 4.69) is 29.3 Å². The number of rotatable bonds is 4. The second-order valence-corrected chi connectivity index (χ2v) is 5.68. The minimum Gasteiger partial charge on any atom is -0.296 e. The van der Waals surface area contributed by atoms with Gasteiger partial charge < -0.3 is 0 Å². The van der Waals surface area contributed by atoms with E-state index in [1.807, 2.05) is 24.0 Å². The van der Waals surface area contributed by atoms with Gasteiger partial charge in [0.15, 0.2) is 0 Å². The summed E-state index contributed by atoms with van der Waals surface area (Å²) in [6, 6.07) is 2.12. The third-order valence-corrected chi connectivity index (χ3v) is 4.20. The van der Waals surface area contributed by atoms with Crippen molar-refractivity contribution in [3.05, 3.63) is 18.0 Å². The van der Waals surface area contributed by atoms with Crippen molar-refractivity contribution in [2.45, 2.75) is 44.7 Å². The highest BCUT2D eigenvalue weighted by Crippen LogP contribution is 2.32. The van der Waals surface area contributed by atoms with Crippen molar-refractivity contribution >= 4 is 0 Å². The number of hydrazine groups is 1. The molecule has 1 unspecified atom stereocenters. The molecule has 0 amide bonds. The van der Waals surface area contributed by atoms with Crippen molar-refractivity contribution in [2.24, 2.45) is 12.9 Å². The molecule has 0 aromatic carbocycles. The molecule has 1 aliphatic heterocycles. The maximum absolute atomic E-state index is 5.81. The van der Waals surface area contributed by atoms with Crippen LogP contribution in [0.4, 0.5) is 0 Å². The molecule has 102 valence electrons. The zero-order valence-corrected chi connectivity index (χ0v) is 11.7. The number of hydrogen-bond acceptors (Lipinski definition) is 4. The van der Waals surface area contributed by atoms with Gasteiger partial charge in [0.2, 0.25) is 0 Å². The Morgan fingerprint density at radius 1 is 1.33 bits per heavy atom. The fourth-order valence-electron chi connectivity index (χ4n) is 2.97. The van der Waals surface area contributed by atoms with E-state index in [0.29, 0.717) is 0 Å². The zero-order valence-electron chi connectivity index (χ0n) is 11.7. The Morgan fingerprint density at radius 3 is 2.50 bits per heavy atom. The van der Waals surface area contributed by atoms with Crippen molar-refractivity contribution in [2.75, 3.05) is 13.1 Å². The molecule has 0 bridgehead atoms. The number of nitrogens with zero attached hydrogens (tertiary/aromatic N) is 3. The molecule has 2 rings (SSSR count). The molecule has 18 heavy (non-hydrogen) atoms. The summed E-state index contributed by atoms with van der Waals surface area (Å²) >= 11 is 0. The molecule has 0 aliphatic carbocycles. The van der Waals surface area contributed by atoms with Gasteiger partial charge in [0, 0.05) is 18.8 Å². The highest BCUT2D eigenvalue weighted by molar-refractivity contribution is 5.13. The molecule has 0 spiro atoms. The summed E-state index contributed by atoms with van der Waals surface area (Å²) in [4.78, 5) is 2.54. The van der Waals surface area contributed by atoms with E-state index in [0.717, 1.165) is 18.8 Å². The van der Waals surface area contributed by atoms with Crippen LogP contribution in [-0.4, -0.2) is 33.3 Å². The molecule has 1 aromatic rings. The van der Waals surface area contributed by atoms with Gasteiger partial charge in [-0.1, -0.05) is 6.42 Å². The quantitative estimate of drug-likeness (QED) is 0.623. The van der Waals surface area contributed by atoms with Crippen LogP contribution < -0.4 is 11.3 Å². The van der Waals surface area contributed by atoms with Gasteiger partial charge in [-0.25, -0.2) is 5.43 Å². The molecular weight excluding hydrogens is 226 g/mol. The highest BCUT2D eigenvalue weighted by atomic mass is 15.3. The fraction of sp³-hybridized carbons (Fsp3) is 0.769. The normalized spacial score (nSPS) is 20.0. The van der Waals surface area contributed by atoms with Crippen LogP contribution in [-0.2, 0) is 7.05 Å². The smallest absolute Gasteiger partial charge is 0.0806 e. The van der Waals surface area contributed by atoms with Gasteiger partial charge in [-0.3, -0.25) is 15.4 Å². The number of likely N-dealkylation sites (tertiary alicyclic amines) is 1.